The van der Waals surface area contributed by atoms with Crippen molar-refractivity contribution in [3.63, 3.8) is 0 Å². The zero-order valence-corrected chi connectivity index (χ0v) is 14.0. The lowest BCUT2D eigenvalue weighted by molar-refractivity contribution is -0.150. The molecule has 25 heavy (non-hydrogen) atoms. The third kappa shape index (κ3) is 6.27. The van der Waals surface area contributed by atoms with E-state index in [2.05, 4.69) is 5.32 Å². The van der Waals surface area contributed by atoms with E-state index in [9.17, 15) is 14.4 Å². The van der Waals surface area contributed by atoms with Crippen LogP contribution in [0.3, 0.4) is 0 Å². The predicted octanol–water partition coefficient (Wildman–Crippen LogP) is 2.39. The molecular weight excluding hydrogens is 346 g/mol. The lowest BCUT2D eigenvalue weighted by Crippen LogP contribution is -2.29. The summed E-state index contributed by atoms with van der Waals surface area (Å²) in [7, 11) is 0. The van der Waals surface area contributed by atoms with Crippen LogP contribution in [-0.4, -0.2) is 31.4 Å². The van der Waals surface area contributed by atoms with Crippen molar-refractivity contribution in [2.24, 2.45) is 0 Å². The number of halogens is 1. The lowest BCUT2D eigenvalue weighted by atomic mass is 10.2. The maximum absolute atomic E-state index is 11.7. The summed E-state index contributed by atoms with van der Waals surface area (Å²) >= 11 is 5.78. The molecule has 1 N–H and O–H groups in total. The third-order valence-corrected chi connectivity index (χ3v) is 3.41. The van der Waals surface area contributed by atoms with Crippen LogP contribution in [0.4, 0.5) is 0 Å². The van der Waals surface area contributed by atoms with E-state index in [-0.39, 0.29) is 5.75 Å². The molecule has 0 aliphatic carbocycles. The quantitative estimate of drug-likeness (QED) is 0.576. The number of benzene rings is 2. The molecule has 0 saturated carbocycles. The molecule has 130 valence electrons. The molecule has 1 amide bonds. The minimum absolute atomic E-state index is 0.279. The Kier molecular flexibility index (Phi) is 6.98. The van der Waals surface area contributed by atoms with E-state index >= 15 is 0 Å². The van der Waals surface area contributed by atoms with E-state index in [0.29, 0.717) is 23.4 Å². The fourth-order valence-corrected chi connectivity index (χ4v) is 2.01. The van der Waals surface area contributed by atoms with Gasteiger partial charge in [0.15, 0.2) is 19.5 Å². The molecule has 6 nitrogen and oxygen atoms in total. The Labute approximate surface area is 149 Å². The van der Waals surface area contributed by atoms with Crippen molar-refractivity contribution < 1.29 is 23.9 Å². The molecule has 7 heteroatoms. The van der Waals surface area contributed by atoms with E-state index in [4.69, 9.17) is 21.1 Å². The molecule has 2 rings (SSSR count). The molecule has 0 saturated heterocycles. The fourth-order valence-electron chi connectivity index (χ4n) is 1.89. The molecule has 0 unspecified atom stereocenters. The number of carbonyl (C=O) groups excluding carboxylic acids is 3. The van der Waals surface area contributed by atoms with Crippen LogP contribution >= 0.6 is 11.6 Å². The Hall–Kier alpha value is -2.86. The first-order chi connectivity index (χ1) is 12.1. The van der Waals surface area contributed by atoms with Crippen molar-refractivity contribution in [1.29, 1.82) is 0 Å². The average molecular weight is 362 g/mol. The van der Waals surface area contributed by atoms with Gasteiger partial charge < -0.3 is 14.8 Å². The predicted molar refractivity (Wildman–Crippen MR) is 91.6 cm³/mol. The maximum Gasteiger partial charge on any atom is 0.344 e. The topological polar surface area (TPSA) is 81.7 Å². The molecular formula is C18H16ClNO5. The highest BCUT2D eigenvalue weighted by Gasteiger charge is 2.10. The van der Waals surface area contributed by atoms with E-state index in [1.165, 1.54) is 0 Å². The number of aldehydes is 1. The fraction of sp³-hybridized carbons (Fsp3) is 0.167. The summed E-state index contributed by atoms with van der Waals surface area (Å²) in [6.07, 6.45) is 0.630. The summed E-state index contributed by atoms with van der Waals surface area (Å²) in [5.74, 6) is -0.861. The second-order valence-electron chi connectivity index (χ2n) is 5.01. The summed E-state index contributed by atoms with van der Waals surface area (Å²) in [5.41, 5.74) is 1.20. The van der Waals surface area contributed by atoms with Crippen molar-refractivity contribution in [1.82, 2.24) is 5.32 Å². The van der Waals surface area contributed by atoms with Gasteiger partial charge in [-0.1, -0.05) is 35.9 Å². The van der Waals surface area contributed by atoms with E-state index in [1.54, 1.807) is 48.5 Å². The molecule has 0 heterocycles. The van der Waals surface area contributed by atoms with E-state index < -0.39 is 25.1 Å². The first-order valence-electron chi connectivity index (χ1n) is 7.42. The van der Waals surface area contributed by atoms with Crippen molar-refractivity contribution in [3.05, 3.63) is 64.7 Å². The van der Waals surface area contributed by atoms with Crippen LogP contribution in [0.2, 0.25) is 5.02 Å². The molecule has 0 bridgehead atoms. The van der Waals surface area contributed by atoms with Gasteiger partial charge in [0.25, 0.3) is 5.91 Å². The van der Waals surface area contributed by atoms with Crippen LogP contribution in [0, 0.1) is 0 Å². The number of amides is 1. The Morgan fingerprint density at radius 3 is 2.48 bits per heavy atom. The summed E-state index contributed by atoms with van der Waals surface area (Å²) in [4.78, 5) is 34.1. The van der Waals surface area contributed by atoms with Gasteiger partial charge in [0.2, 0.25) is 0 Å². The highest BCUT2D eigenvalue weighted by Crippen LogP contribution is 2.15. The molecule has 0 atom stereocenters. The van der Waals surface area contributed by atoms with Crippen LogP contribution in [0.15, 0.2) is 48.5 Å². The van der Waals surface area contributed by atoms with Gasteiger partial charge in [-0.15, -0.1) is 0 Å². The number of ether oxygens (including phenoxy) is 2. The van der Waals surface area contributed by atoms with Gasteiger partial charge in [-0.2, -0.15) is 0 Å². The molecule has 0 spiro atoms. The van der Waals surface area contributed by atoms with Gasteiger partial charge in [0.1, 0.15) is 5.75 Å². The molecule has 0 aliphatic rings. The second kappa shape index (κ2) is 9.44. The molecule has 2 aromatic rings. The molecule has 0 aromatic heterocycles. The largest absolute Gasteiger partial charge is 0.481 e. The number of nitrogens with one attached hydrogen (secondary N) is 1. The van der Waals surface area contributed by atoms with Crippen LogP contribution in [0.5, 0.6) is 5.75 Å². The summed E-state index contributed by atoms with van der Waals surface area (Å²) in [6.45, 7) is -0.503. The standard InChI is InChI=1S/C18H16ClNO5/c19-15-7-5-13(6-8-15)9-20-17(22)11-25-18(23)12-24-16-4-2-1-3-14(16)10-21/h1-8,10H,9,11-12H2,(H,20,22). The summed E-state index contributed by atoms with van der Waals surface area (Å²) in [5, 5.41) is 3.23. The van der Waals surface area contributed by atoms with Gasteiger partial charge in [-0.25, -0.2) is 4.79 Å². The lowest BCUT2D eigenvalue weighted by Gasteiger charge is -2.09. The third-order valence-electron chi connectivity index (χ3n) is 3.16. The van der Waals surface area contributed by atoms with E-state index in [0.717, 1.165) is 5.56 Å². The van der Waals surface area contributed by atoms with Crippen LogP contribution in [-0.2, 0) is 20.9 Å². The van der Waals surface area contributed by atoms with Gasteiger partial charge in [-0.05, 0) is 29.8 Å². The van der Waals surface area contributed by atoms with Gasteiger partial charge in [0.05, 0.1) is 5.56 Å². The SMILES string of the molecule is O=Cc1ccccc1OCC(=O)OCC(=O)NCc1ccc(Cl)cc1. The number of carbonyl (C=O) groups is 3. The normalized spacial score (nSPS) is 9.96. The number of hydrogen-bond donors (Lipinski definition) is 1. The molecule has 0 radical (unpaired) electrons. The smallest absolute Gasteiger partial charge is 0.344 e. The van der Waals surface area contributed by atoms with E-state index in [1.807, 2.05) is 0 Å². The Morgan fingerprint density at radius 2 is 1.76 bits per heavy atom. The van der Waals surface area contributed by atoms with Crippen molar-refractivity contribution in [2.75, 3.05) is 13.2 Å². The number of rotatable bonds is 8. The second-order valence-corrected chi connectivity index (χ2v) is 5.44. The maximum atomic E-state index is 11.7. The zero-order chi connectivity index (χ0) is 18.1. The minimum Gasteiger partial charge on any atom is -0.481 e. The van der Waals surface area contributed by atoms with Crippen LogP contribution < -0.4 is 10.1 Å². The van der Waals surface area contributed by atoms with Gasteiger partial charge in [0, 0.05) is 11.6 Å². The highest BCUT2D eigenvalue weighted by atomic mass is 35.5. The summed E-state index contributed by atoms with van der Waals surface area (Å²) in [6, 6.07) is 13.5. The van der Waals surface area contributed by atoms with Crippen molar-refractivity contribution in [3.8, 4) is 5.75 Å². The Bertz CT molecular complexity index is 745. The molecule has 0 aliphatic heterocycles. The number of para-hydroxylation sites is 1. The van der Waals surface area contributed by atoms with Crippen LogP contribution in [0.25, 0.3) is 0 Å². The Balaban J connectivity index is 1.69. The molecule has 2 aromatic carbocycles. The monoisotopic (exact) mass is 361 g/mol. The number of esters is 1. The first kappa shape index (κ1) is 18.5. The van der Waals surface area contributed by atoms with Gasteiger partial charge in [-0.3, -0.25) is 9.59 Å². The first-order valence-corrected chi connectivity index (χ1v) is 7.80. The average Bonchev–Trinajstić information content (AvgIpc) is 2.64. The van der Waals surface area contributed by atoms with Crippen molar-refractivity contribution >= 4 is 29.8 Å². The zero-order valence-electron chi connectivity index (χ0n) is 13.2. The summed E-state index contributed by atoms with van der Waals surface area (Å²) < 4.78 is 10.0. The highest BCUT2D eigenvalue weighted by molar-refractivity contribution is 6.30. The minimum atomic E-state index is -0.706. The molecule has 0 fully saturated rings. The Morgan fingerprint density at radius 1 is 1.04 bits per heavy atom. The number of hydrogen-bond acceptors (Lipinski definition) is 5. The van der Waals surface area contributed by atoms with Crippen LogP contribution in [0.1, 0.15) is 15.9 Å². The van der Waals surface area contributed by atoms with Crippen molar-refractivity contribution in [2.45, 2.75) is 6.54 Å². The van der Waals surface area contributed by atoms with Gasteiger partial charge >= 0.3 is 5.97 Å².